The lowest BCUT2D eigenvalue weighted by molar-refractivity contribution is 0.350. The van der Waals surface area contributed by atoms with Gasteiger partial charge in [0.15, 0.2) is 5.65 Å². The molecule has 6 nitrogen and oxygen atoms in total. The molecule has 3 rings (SSSR count). The van der Waals surface area contributed by atoms with Gasteiger partial charge in [-0.25, -0.2) is 4.98 Å². The van der Waals surface area contributed by atoms with Gasteiger partial charge in [0.1, 0.15) is 11.6 Å². The largest absolute Gasteiger partial charge is 0.296 e. The Labute approximate surface area is 90.7 Å². The first-order valence-corrected chi connectivity index (χ1v) is 4.91. The quantitative estimate of drug-likeness (QED) is 0.662. The molecule has 0 spiro atoms. The fourth-order valence-electron chi connectivity index (χ4n) is 2.05. The number of hydrogen-bond donors (Lipinski definition) is 1. The molecule has 0 radical (unpaired) electrons. The van der Waals surface area contributed by atoms with Crippen molar-refractivity contribution in [1.29, 1.82) is 5.26 Å². The summed E-state index contributed by atoms with van der Waals surface area (Å²) in [6.45, 7) is 1.28. The van der Waals surface area contributed by atoms with E-state index in [1.54, 1.807) is 0 Å². The Morgan fingerprint density at radius 3 is 3.12 bits per heavy atom. The van der Waals surface area contributed by atoms with E-state index in [4.69, 9.17) is 5.26 Å². The summed E-state index contributed by atoms with van der Waals surface area (Å²) in [4.78, 5) is 18.4. The van der Waals surface area contributed by atoms with Gasteiger partial charge in [-0.1, -0.05) is 0 Å². The van der Waals surface area contributed by atoms with Gasteiger partial charge in [0.25, 0.3) is 5.56 Å². The number of nitriles is 1. The van der Waals surface area contributed by atoms with Gasteiger partial charge in [-0.15, -0.1) is 0 Å². The predicted octanol–water partition coefficient (Wildman–Crippen LogP) is -0.160. The second kappa shape index (κ2) is 2.93. The van der Waals surface area contributed by atoms with Crippen molar-refractivity contribution < 1.29 is 0 Å². The Bertz CT molecular complexity index is 675. The van der Waals surface area contributed by atoms with Crippen LogP contribution in [0.25, 0.3) is 5.65 Å². The van der Waals surface area contributed by atoms with E-state index in [-0.39, 0.29) is 5.56 Å². The summed E-state index contributed by atoms with van der Waals surface area (Å²) in [5, 5.41) is 11.6. The maximum atomic E-state index is 12.1. The highest BCUT2D eigenvalue weighted by Gasteiger charge is 2.23. The number of rotatable bonds is 0. The lowest BCUT2D eigenvalue weighted by atomic mass is 10.2. The molecule has 0 aromatic carbocycles. The molecular formula is C10H9N5O. The van der Waals surface area contributed by atoms with Gasteiger partial charge >= 0.3 is 0 Å². The summed E-state index contributed by atoms with van der Waals surface area (Å²) >= 11 is 0. The first-order chi connectivity index (χ1) is 7.70. The van der Waals surface area contributed by atoms with Crippen LogP contribution >= 0.6 is 0 Å². The maximum absolute atomic E-state index is 12.1. The van der Waals surface area contributed by atoms with Crippen LogP contribution in [0.2, 0.25) is 0 Å². The topological polar surface area (TPSA) is 77.2 Å². The normalized spacial score (nSPS) is 15.2. The molecule has 1 aliphatic heterocycles. The molecule has 0 bridgehead atoms. The SMILES string of the molecule is CN1Cc2nc3c(C#N)c[nH]n3c(=O)c2C1. The molecule has 0 fully saturated rings. The van der Waals surface area contributed by atoms with E-state index < -0.39 is 0 Å². The average molecular weight is 215 g/mol. The molecule has 1 N–H and O–H groups in total. The van der Waals surface area contributed by atoms with Gasteiger partial charge in [0.05, 0.1) is 11.3 Å². The smallest absolute Gasteiger partial charge is 0.277 e. The van der Waals surface area contributed by atoms with E-state index in [1.165, 1.54) is 10.7 Å². The van der Waals surface area contributed by atoms with Crippen LogP contribution in [0.3, 0.4) is 0 Å². The van der Waals surface area contributed by atoms with Crippen molar-refractivity contribution >= 4 is 5.65 Å². The third-order valence-corrected chi connectivity index (χ3v) is 2.81. The van der Waals surface area contributed by atoms with Crippen LogP contribution in [0.4, 0.5) is 0 Å². The van der Waals surface area contributed by atoms with Gasteiger partial charge in [-0.3, -0.25) is 14.8 Å². The van der Waals surface area contributed by atoms with Gasteiger partial charge in [0.2, 0.25) is 0 Å². The van der Waals surface area contributed by atoms with Gasteiger partial charge in [-0.2, -0.15) is 9.78 Å². The molecule has 80 valence electrons. The third-order valence-electron chi connectivity index (χ3n) is 2.81. The standard InChI is InChI=1S/C10H9N5O/c1-14-4-7-8(5-14)13-9-6(2-11)3-12-15(9)10(7)16/h3,12H,4-5H2,1H3. The number of nitrogens with zero attached hydrogens (tertiary/aromatic N) is 4. The van der Waals surface area contributed by atoms with E-state index >= 15 is 0 Å². The van der Waals surface area contributed by atoms with E-state index in [1.807, 2.05) is 18.0 Å². The lowest BCUT2D eigenvalue weighted by Crippen LogP contribution is -2.20. The van der Waals surface area contributed by atoms with Crippen molar-refractivity contribution in [3.8, 4) is 6.07 Å². The Kier molecular flexibility index (Phi) is 1.67. The molecule has 0 amide bonds. The molecule has 0 atom stereocenters. The summed E-state index contributed by atoms with van der Waals surface area (Å²) < 4.78 is 1.33. The Morgan fingerprint density at radius 1 is 1.56 bits per heavy atom. The van der Waals surface area contributed by atoms with Crippen molar-refractivity contribution in [2.24, 2.45) is 0 Å². The molecule has 0 saturated heterocycles. The van der Waals surface area contributed by atoms with Crippen molar-refractivity contribution in [3.05, 3.63) is 33.4 Å². The van der Waals surface area contributed by atoms with Crippen molar-refractivity contribution in [2.45, 2.75) is 13.1 Å². The van der Waals surface area contributed by atoms with E-state index in [2.05, 4.69) is 10.1 Å². The van der Waals surface area contributed by atoms with Crippen molar-refractivity contribution in [1.82, 2.24) is 19.5 Å². The fourth-order valence-corrected chi connectivity index (χ4v) is 2.05. The number of nitrogens with one attached hydrogen (secondary N) is 1. The summed E-state index contributed by atoms with van der Waals surface area (Å²) in [5.74, 6) is 0. The monoisotopic (exact) mass is 215 g/mol. The zero-order valence-corrected chi connectivity index (χ0v) is 8.69. The first-order valence-electron chi connectivity index (χ1n) is 4.91. The van der Waals surface area contributed by atoms with Gasteiger partial charge in [-0.05, 0) is 7.05 Å². The molecule has 0 aliphatic carbocycles. The molecule has 6 heteroatoms. The number of H-pyrrole nitrogens is 1. The second-order valence-electron chi connectivity index (χ2n) is 3.97. The molecule has 1 aliphatic rings. The molecular weight excluding hydrogens is 206 g/mol. The molecule has 0 saturated carbocycles. The molecule has 16 heavy (non-hydrogen) atoms. The van der Waals surface area contributed by atoms with Gasteiger partial charge in [0, 0.05) is 19.3 Å². The zero-order chi connectivity index (χ0) is 11.3. The van der Waals surface area contributed by atoms with E-state index in [0.717, 1.165) is 5.69 Å². The first kappa shape index (κ1) is 9.12. The van der Waals surface area contributed by atoms with Crippen LogP contribution in [0.5, 0.6) is 0 Å². The molecule has 2 aromatic heterocycles. The van der Waals surface area contributed by atoms with E-state index in [9.17, 15) is 4.79 Å². The van der Waals surface area contributed by atoms with Crippen molar-refractivity contribution in [2.75, 3.05) is 7.05 Å². The Morgan fingerprint density at radius 2 is 2.38 bits per heavy atom. The lowest BCUT2D eigenvalue weighted by Gasteiger charge is -2.01. The predicted molar refractivity (Wildman–Crippen MR) is 55.7 cm³/mol. The number of aromatic amines is 1. The van der Waals surface area contributed by atoms with Crippen LogP contribution in [0, 0.1) is 11.3 Å². The van der Waals surface area contributed by atoms with Gasteiger partial charge < -0.3 is 0 Å². The fraction of sp³-hybridized carbons (Fsp3) is 0.300. The third kappa shape index (κ3) is 1.03. The van der Waals surface area contributed by atoms with Crippen LogP contribution in [0.15, 0.2) is 11.0 Å². The number of fused-ring (bicyclic) bond motifs is 2. The van der Waals surface area contributed by atoms with Crippen LogP contribution < -0.4 is 5.56 Å². The zero-order valence-electron chi connectivity index (χ0n) is 8.69. The van der Waals surface area contributed by atoms with Crippen LogP contribution in [0.1, 0.15) is 16.8 Å². The van der Waals surface area contributed by atoms with E-state index in [0.29, 0.717) is 29.9 Å². The molecule has 0 unspecified atom stereocenters. The highest BCUT2D eigenvalue weighted by Crippen LogP contribution is 2.17. The minimum absolute atomic E-state index is 0.106. The van der Waals surface area contributed by atoms with Crippen LogP contribution in [-0.2, 0) is 13.1 Å². The highest BCUT2D eigenvalue weighted by atomic mass is 16.1. The molecule has 2 aromatic rings. The second-order valence-corrected chi connectivity index (χ2v) is 3.97. The maximum Gasteiger partial charge on any atom is 0.277 e. The summed E-state index contributed by atoms with van der Waals surface area (Å²) in [5.41, 5.74) is 2.21. The average Bonchev–Trinajstić information content (AvgIpc) is 2.81. The van der Waals surface area contributed by atoms with Crippen LogP contribution in [-0.4, -0.2) is 26.5 Å². The minimum atomic E-state index is -0.106. The number of hydrogen-bond acceptors (Lipinski definition) is 4. The highest BCUT2D eigenvalue weighted by molar-refractivity contribution is 5.54. The Hall–Kier alpha value is -2.13. The van der Waals surface area contributed by atoms with Crippen molar-refractivity contribution in [3.63, 3.8) is 0 Å². The summed E-state index contributed by atoms with van der Waals surface area (Å²) in [6, 6.07) is 2.01. The summed E-state index contributed by atoms with van der Waals surface area (Å²) in [7, 11) is 1.94. The minimum Gasteiger partial charge on any atom is -0.296 e. The number of aromatic nitrogens is 3. The summed E-state index contributed by atoms with van der Waals surface area (Å²) in [6.07, 6.45) is 1.50. The Balaban J connectivity index is 2.41. The molecule has 3 heterocycles.